The van der Waals surface area contributed by atoms with Crippen LogP contribution in [0.25, 0.3) is 11.3 Å². The number of H-pyrrole nitrogens is 1. The normalized spacial score (nSPS) is 11.8. The Labute approximate surface area is 112 Å². The van der Waals surface area contributed by atoms with Gasteiger partial charge in [0, 0.05) is 29.8 Å². The molecule has 0 aromatic carbocycles. The minimum atomic E-state index is -0.0573. The molecule has 0 aliphatic heterocycles. The predicted molar refractivity (Wildman–Crippen MR) is 75.1 cm³/mol. The third-order valence-corrected chi connectivity index (χ3v) is 3.25. The molecule has 2 rings (SSSR count). The minimum Gasteiger partial charge on any atom is -0.342 e. The molecular weight excluding hydrogens is 244 g/mol. The van der Waals surface area contributed by atoms with Crippen LogP contribution in [0.4, 0.5) is 0 Å². The molecule has 0 aliphatic carbocycles. The number of aromatic amines is 1. The summed E-state index contributed by atoms with van der Waals surface area (Å²) < 4.78 is 2.43. The summed E-state index contributed by atoms with van der Waals surface area (Å²) in [6, 6.07) is 0. The highest BCUT2D eigenvalue weighted by Gasteiger charge is 2.19. The molecular formula is C13H18N4S. The van der Waals surface area contributed by atoms with E-state index in [1.165, 1.54) is 0 Å². The zero-order valence-electron chi connectivity index (χ0n) is 11.4. The van der Waals surface area contributed by atoms with E-state index in [1.54, 1.807) is 4.68 Å². The van der Waals surface area contributed by atoms with Crippen molar-refractivity contribution in [1.29, 1.82) is 0 Å². The van der Waals surface area contributed by atoms with Gasteiger partial charge in [-0.3, -0.25) is 4.68 Å². The summed E-state index contributed by atoms with van der Waals surface area (Å²) in [7, 11) is 1.90. The average molecular weight is 262 g/mol. The molecule has 0 radical (unpaired) electrons. The summed E-state index contributed by atoms with van der Waals surface area (Å²) in [5.74, 6) is 0.900. The first-order valence-corrected chi connectivity index (χ1v) is 6.30. The zero-order valence-corrected chi connectivity index (χ0v) is 12.2. The lowest BCUT2D eigenvalue weighted by molar-refractivity contribution is 0.544. The van der Waals surface area contributed by atoms with Gasteiger partial charge in [-0.05, 0) is 6.92 Å². The van der Waals surface area contributed by atoms with Crippen LogP contribution in [-0.2, 0) is 12.5 Å². The number of nitrogens with one attached hydrogen (secondary N) is 1. The van der Waals surface area contributed by atoms with Gasteiger partial charge < -0.3 is 4.98 Å². The first-order chi connectivity index (χ1) is 8.29. The Morgan fingerprint density at radius 2 is 2.00 bits per heavy atom. The molecule has 0 aliphatic rings. The standard InChI is InChI=1S/C13H18N4S/c1-8-10(9-6-14-17(5)7-9)15-12(13(2,3)4)16-11(8)18/h6-7H,1-5H3,(H,15,16,18). The zero-order chi connectivity index (χ0) is 13.5. The Morgan fingerprint density at radius 1 is 1.33 bits per heavy atom. The van der Waals surface area contributed by atoms with Crippen molar-refractivity contribution in [3.63, 3.8) is 0 Å². The molecule has 0 unspecified atom stereocenters. The van der Waals surface area contributed by atoms with Gasteiger partial charge in [0.05, 0.1) is 11.9 Å². The quantitative estimate of drug-likeness (QED) is 0.803. The van der Waals surface area contributed by atoms with Gasteiger partial charge in [-0.2, -0.15) is 5.10 Å². The Bertz CT molecular complexity index is 631. The molecule has 4 nitrogen and oxygen atoms in total. The monoisotopic (exact) mass is 262 g/mol. The van der Waals surface area contributed by atoms with E-state index in [-0.39, 0.29) is 5.41 Å². The smallest absolute Gasteiger partial charge is 0.133 e. The van der Waals surface area contributed by atoms with Gasteiger partial charge in [-0.15, -0.1) is 0 Å². The van der Waals surface area contributed by atoms with Gasteiger partial charge >= 0.3 is 0 Å². The van der Waals surface area contributed by atoms with Crippen molar-refractivity contribution in [2.45, 2.75) is 33.1 Å². The molecule has 1 N–H and O–H groups in total. The van der Waals surface area contributed by atoms with E-state index in [1.807, 2.05) is 26.4 Å². The second kappa shape index (κ2) is 4.31. The molecule has 0 spiro atoms. The number of nitrogens with zero attached hydrogens (tertiary/aromatic N) is 3. The van der Waals surface area contributed by atoms with Crippen LogP contribution in [0.5, 0.6) is 0 Å². The van der Waals surface area contributed by atoms with E-state index < -0.39 is 0 Å². The third-order valence-electron chi connectivity index (χ3n) is 2.86. The van der Waals surface area contributed by atoms with E-state index in [0.29, 0.717) is 4.64 Å². The van der Waals surface area contributed by atoms with Crippen LogP contribution in [0.2, 0.25) is 0 Å². The summed E-state index contributed by atoms with van der Waals surface area (Å²) in [4.78, 5) is 7.86. The van der Waals surface area contributed by atoms with E-state index in [9.17, 15) is 0 Å². The van der Waals surface area contributed by atoms with Crippen LogP contribution >= 0.6 is 12.2 Å². The highest BCUT2D eigenvalue weighted by atomic mass is 32.1. The largest absolute Gasteiger partial charge is 0.342 e. The number of aryl methyl sites for hydroxylation is 1. The van der Waals surface area contributed by atoms with Gasteiger partial charge in [0.1, 0.15) is 10.5 Å². The van der Waals surface area contributed by atoms with Crippen LogP contribution in [0.15, 0.2) is 12.4 Å². The summed E-state index contributed by atoms with van der Waals surface area (Å²) in [6.45, 7) is 8.33. The second-order valence-corrected chi connectivity index (χ2v) is 5.93. The molecule has 0 atom stereocenters. The molecule has 2 aromatic heterocycles. The van der Waals surface area contributed by atoms with Crippen molar-refractivity contribution in [1.82, 2.24) is 19.7 Å². The molecule has 0 fully saturated rings. The molecule has 18 heavy (non-hydrogen) atoms. The Kier molecular flexibility index (Phi) is 3.11. The SMILES string of the molecule is Cc1c(-c2cnn(C)c2)[nH]c(C(C)(C)C)nc1=S. The fourth-order valence-corrected chi connectivity index (χ4v) is 1.92. The van der Waals surface area contributed by atoms with E-state index in [0.717, 1.165) is 22.6 Å². The van der Waals surface area contributed by atoms with Gasteiger partial charge in [0.25, 0.3) is 0 Å². The average Bonchev–Trinajstić information content (AvgIpc) is 2.67. The summed E-state index contributed by atoms with van der Waals surface area (Å²) >= 11 is 5.35. The van der Waals surface area contributed by atoms with Crippen LogP contribution in [0.3, 0.4) is 0 Å². The number of aromatic nitrogens is 4. The highest BCUT2D eigenvalue weighted by molar-refractivity contribution is 7.71. The number of rotatable bonds is 1. The lowest BCUT2D eigenvalue weighted by Gasteiger charge is -2.19. The van der Waals surface area contributed by atoms with Gasteiger partial charge in [-0.25, -0.2) is 4.98 Å². The van der Waals surface area contributed by atoms with Crippen LogP contribution in [-0.4, -0.2) is 19.7 Å². The van der Waals surface area contributed by atoms with Gasteiger partial charge in [-0.1, -0.05) is 33.0 Å². The van der Waals surface area contributed by atoms with Crippen molar-refractivity contribution in [2.75, 3.05) is 0 Å². The Morgan fingerprint density at radius 3 is 2.50 bits per heavy atom. The minimum absolute atomic E-state index is 0.0573. The molecule has 0 saturated heterocycles. The van der Waals surface area contributed by atoms with Crippen molar-refractivity contribution in [3.05, 3.63) is 28.4 Å². The van der Waals surface area contributed by atoms with Crippen LogP contribution in [0.1, 0.15) is 32.2 Å². The summed E-state index contributed by atoms with van der Waals surface area (Å²) in [5, 5.41) is 4.20. The molecule has 2 heterocycles. The van der Waals surface area contributed by atoms with Gasteiger partial charge in [0.2, 0.25) is 0 Å². The van der Waals surface area contributed by atoms with Crippen LogP contribution < -0.4 is 0 Å². The van der Waals surface area contributed by atoms with Crippen molar-refractivity contribution in [3.8, 4) is 11.3 Å². The number of hydrogen-bond donors (Lipinski definition) is 1. The maximum atomic E-state index is 5.35. The topological polar surface area (TPSA) is 46.5 Å². The van der Waals surface area contributed by atoms with Gasteiger partial charge in [0.15, 0.2) is 0 Å². The summed E-state index contributed by atoms with van der Waals surface area (Å²) in [5.41, 5.74) is 2.98. The maximum absolute atomic E-state index is 5.35. The molecule has 2 aromatic rings. The summed E-state index contributed by atoms with van der Waals surface area (Å²) in [6.07, 6.45) is 3.81. The maximum Gasteiger partial charge on any atom is 0.133 e. The molecule has 0 amide bonds. The van der Waals surface area contributed by atoms with E-state index >= 15 is 0 Å². The van der Waals surface area contributed by atoms with Crippen molar-refractivity contribution >= 4 is 12.2 Å². The van der Waals surface area contributed by atoms with E-state index in [4.69, 9.17) is 12.2 Å². The van der Waals surface area contributed by atoms with Crippen LogP contribution in [0, 0.1) is 11.6 Å². The first-order valence-electron chi connectivity index (χ1n) is 5.89. The van der Waals surface area contributed by atoms with Crippen molar-refractivity contribution < 1.29 is 0 Å². The Hall–Kier alpha value is -1.49. The first kappa shape index (κ1) is 13.0. The number of hydrogen-bond acceptors (Lipinski definition) is 3. The highest BCUT2D eigenvalue weighted by Crippen LogP contribution is 2.25. The second-order valence-electron chi connectivity index (χ2n) is 5.54. The molecule has 0 bridgehead atoms. The third kappa shape index (κ3) is 2.36. The molecule has 0 saturated carbocycles. The predicted octanol–water partition coefficient (Wildman–Crippen LogP) is 3.15. The fourth-order valence-electron chi connectivity index (χ4n) is 1.73. The Balaban J connectivity index is 2.67. The lowest BCUT2D eigenvalue weighted by Crippen LogP contribution is -2.17. The van der Waals surface area contributed by atoms with Crippen molar-refractivity contribution in [2.24, 2.45) is 7.05 Å². The molecule has 5 heteroatoms. The lowest BCUT2D eigenvalue weighted by atomic mass is 9.95. The fraction of sp³-hybridized carbons (Fsp3) is 0.462. The van der Waals surface area contributed by atoms with E-state index in [2.05, 4.69) is 35.8 Å². The molecule has 96 valence electrons.